The van der Waals surface area contributed by atoms with E-state index < -0.39 is 0 Å². The Morgan fingerprint density at radius 1 is 1.33 bits per heavy atom. The Kier molecular flexibility index (Phi) is 3.27. The van der Waals surface area contributed by atoms with Crippen LogP contribution in [0, 0.1) is 6.92 Å². The lowest BCUT2D eigenvalue weighted by Crippen LogP contribution is -2.28. The van der Waals surface area contributed by atoms with E-state index in [1.54, 1.807) is 0 Å². The third kappa shape index (κ3) is 2.72. The topological polar surface area (TPSA) is 15.3 Å². The third-order valence-electron chi connectivity index (χ3n) is 3.07. The molecule has 1 aromatic rings. The lowest BCUT2D eigenvalue weighted by atomic mass is 10.2. The zero-order valence-corrected chi connectivity index (χ0v) is 9.66. The molecule has 0 bridgehead atoms. The molecule has 0 amide bonds. The van der Waals surface area contributed by atoms with Gasteiger partial charge in [-0.1, -0.05) is 12.1 Å². The maximum absolute atomic E-state index is 3.52. The van der Waals surface area contributed by atoms with E-state index in [4.69, 9.17) is 0 Å². The number of hydrogen-bond acceptors (Lipinski definition) is 2. The van der Waals surface area contributed by atoms with Crippen LogP contribution in [-0.2, 0) is 0 Å². The van der Waals surface area contributed by atoms with E-state index in [9.17, 15) is 0 Å². The predicted octanol–water partition coefficient (Wildman–Crippen LogP) is 2.18. The molecular formula is C13H20N2. The van der Waals surface area contributed by atoms with Gasteiger partial charge in [0.05, 0.1) is 0 Å². The molecule has 0 aromatic heterocycles. The highest BCUT2D eigenvalue weighted by Gasteiger charge is 2.12. The fourth-order valence-corrected chi connectivity index (χ4v) is 2.09. The van der Waals surface area contributed by atoms with Gasteiger partial charge in [0, 0.05) is 31.4 Å². The van der Waals surface area contributed by atoms with E-state index in [2.05, 4.69) is 48.3 Å². The third-order valence-corrected chi connectivity index (χ3v) is 3.07. The molecule has 1 heterocycles. The molecular weight excluding hydrogens is 184 g/mol. The second kappa shape index (κ2) is 4.67. The summed E-state index contributed by atoms with van der Waals surface area (Å²) in [6.45, 7) is 7.79. The largest absolute Gasteiger partial charge is 0.370 e. The monoisotopic (exact) mass is 204 g/mol. The summed E-state index contributed by atoms with van der Waals surface area (Å²) in [5.41, 5.74) is 2.71. The minimum absolute atomic E-state index is 0.653. The van der Waals surface area contributed by atoms with Crippen molar-refractivity contribution in [3.63, 3.8) is 0 Å². The molecule has 1 aromatic carbocycles. The van der Waals surface area contributed by atoms with Crippen molar-refractivity contribution in [2.24, 2.45) is 0 Å². The summed E-state index contributed by atoms with van der Waals surface area (Å²) in [4.78, 5) is 2.48. The number of aryl methyl sites for hydroxylation is 1. The molecule has 0 aliphatic carbocycles. The van der Waals surface area contributed by atoms with Gasteiger partial charge in [-0.15, -0.1) is 0 Å². The van der Waals surface area contributed by atoms with Crippen LogP contribution >= 0.6 is 0 Å². The summed E-state index contributed by atoms with van der Waals surface area (Å²) in [6, 6.07) is 9.44. The van der Waals surface area contributed by atoms with Gasteiger partial charge >= 0.3 is 0 Å². The van der Waals surface area contributed by atoms with Gasteiger partial charge in [-0.3, -0.25) is 0 Å². The molecule has 1 atom stereocenters. The molecule has 2 heteroatoms. The Balaban J connectivity index is 2.09. The van der Waals surface area contributed by atoms with Gasteiger partial charge in [-0.25, -0.2) is 0 Å². The number of nitrogens with zero attached hydrogens (tertiary/aromatic N) is 1. The van der Waals surface area contributed by atoms with Crippen LogP contribution < -0.4 is 10.2 Å². The zero-order chi connectivity index (χ0) is 10.7. The molecule has 0 saturated carbocycles. The van der Waals surface area contributed by atoms with Crippen molar-refractivity contribution in [3.8, 4) is 0 Å². The Morgan fingerprint density at radius 2 is 2.20 bits per heavy atom. The smallest absolute Gasteiger partial charge is 0.0369 e. The molecule has 15 heavy (non-hydrogen) atoms. The average Bonchev–Trinajstić information content (AvgIpc) is 2.43. The van der Waals surface area contributed by atoms with E-state index in [1.165, 1.54) is 17.7 Å². The van der Waals surface area contributed by atoms with Crippen LogP contribution in [-0.4, -0.2) is 25.7 Å². The van der Waals surface area contributed by atoms with Gasteiger partial charge in [-0.2, -0.15) is 0 Å². The van der Waals surface area contributed by atoms with Crippen LogP contribution in [0.15, 0.2) is 24.3 Å². The second-order valence-electron chi connectivity index (χ2n) is 4.47. The molecule has 2 nitrogen and oxygen atoms in total. The quantitative estimate of drug-likeness (QED) is 0.754. The first kappa shape index (κ1) is 10.5. The number of hydrogen-bond donors (Lipinski definition) is 1. The summed E-state index contributed by atoms with van der Waals surface area (Å²) in [6.07, 6.45) is 1.23. The van der Waals surface area contributed by atoms with Crippen molar-refractivity contribution in [2.45, 2.75) is 26.3 Å². The van der Waals surface area contributed by atoms with E-state index in [-0.39, 0.29) is 0 Å². The molecule has 1 N–H and O–H groups in total. The van der Waals surface area contributed by atoms with Crippen molar-refractivity contribution >= 4 is 5.69 Å². The Labute approximate surface area is 92.3 Å². The molecule has 1 aliphatic heterocycles. The molecule has 82 valence electrons. The van der Waals surface area contributed by atoms with E-state index in [1.807, 2.05) is 0 Å². The fraction of sp³-hybridized carbons (Fsp3) is 0.538. The minimum atomic E-state index is 0.653. The van der Waals surface area contributed by atoms with E-state index in [0.717, 1.165) is 19.6 Å². The standard InChI is InChI=1S/C13H20N2/c1-11-4-3-5-13(10-11)15-8-6-12(2)14-7-9-15/h3-5,10,12,14H,6-9H2,1-2H3. The number of benzene rings is 1. The summed E-state index contributed by atoms with van der Waals surface area (Å²) in [5, 5.41) is 3.52. The van der Waals surface area contributed by atoms with Gasteiger partial charge in [0.15, 0.2) is 0 Å². The first-order valence-corrected chi connectivity index (χ1v) is 5.81. The van der Waals surface area contributed by atoms with Crippen LogP contribution in [0.25, 0.3) is 0 Å². The summed E-state index contributed by atoms with van der Waals surface area (Å²) < 4.78 is 0. The van der Waals surface area contributed by atoms with Gasteiger partial charge in [0.1, 0.15) is 0 Å². The Morgan fingerprint density at radius 3 is 3.00 bits per heavy atom. The van der Waals surface area contributed by atoms with Gasteiger partial charge in [0.2, 0.25) is 0 Å². The summed E-state index contributed by atoms with van der Waals surface area (Å²) >= 11 is 0. The first-order valence-electron chi connectivity index (χ1n) is 5.81. The van der Waals surface area contributed by atoms with Gasteiger partial charge in [0.25, 0.3) is 0 Å². The van der Waals surface area contributed by atoms with Crippen molar-refractivity contribution in [3.05, 3.63) is 29.8 Å². The Bertz CT molecular complexity index is 322. The van der Waals surface area contributed by atoms with E-state index in [0.29, 0.717) is 6.04 Å². The molecule has 0 radical (unpaired) electrons. The maximum Gasteiger partial charge on any atom is 0.0369 e. The highest BCUT2D eigenvalue weighted by molar-refractivity contribution is 5.48. The van der Waals surface area contributed by atoms with Crippen molar-refractivity contribution in [1.82, 2.24) is 5.32 Å². The fourth-order valence-electron chi connectivity index (χ4n) is 2.09. The highest BCUT2D eigenvalue weighted by atomic mass is 15.2. The molecule has 0 spiro atoms. The average molecular weight is 204 g/mol. The SMILES string of the molecule is Cc1cccc(N2CCNC(C)CC2)c1. The van der Waals surface area contributed by atoms with E-state index >= 15 is 0 Å². The summed E-state index contributed by atoms with van der Waals surface area (Å²) in [7, 11) is 0. The van der Waals surface area contributed by atoms with Gasteiger partial charge in [-0.05, 0) is 38.0 Å². The van der Waals surface area contributed by atoms with Crippen LogP contribution in [0.4, 0.5) is 5.69 Å². The molecule has 1 unspecified atom stereocenters. The second-order valence-corrected chi connectivity index (χ2v) is 4.47. The molecule has 2 rings (SSSR count). The van der Waals surface area contributed by atoms with Crippen LogP contribution in [0.1, 0.15) is 18.9 Å². The van der Waals surface area contributed by atoms with Crippen LogP contribution in [0.5, 0.6) is 0 Å². The first-order chi connectivity index (χ1) is 7.25. The highest BCUT2D eigenvalue weighted by Crippen LogP contribution is 2.17. The van der Waals surface area contributed by atoms with Crippen molar-refractivity contribution < 1.29 is 0 Å². The minimum Gasteiger partial charge on any atom is -0.370 e. The zero-order valence-electron chi connectivity index (χ0n) is 9.66. The van der Waals surface area contributed by atoms with Crippen LogP contribution in [0.3, 0.4) is 0 Å². The molecule has 1 aliphatic rings. The lowest BCUT2D eigenvalue weighted by molar-refractivity contribution is 0.566. The van der Waals surface area contributed by atoms with Gasteiger partial charge < -0.3 is 10.2 Å². The normalized spacial score (nSPS) is 22.5. The number of anilines is 1. The number of rotatable bonds is 1. The van der Waals surface area contributed by atoms with Crippen molar-refractivity contribution in [1.29, 1.82) is 0 Å². The lowest BCUT2D eigenvalue weighted by Gasteiger charge is -2.22. The Hall–Kier alpha value is -1.02. The van der Waals surface area contributed by atoms with Crippen molar-refractivity contribution in [2.75, 3.05) is 24.5 Å². The van der Waals surface area contributed by atoms with Crippen LogP contribution in [0.2, 0.25) is 0 Å². The predicted molar refractivity (Wildman–Crippen MR) is 65.5 cm³/mol. The summed E-state index contributed by atoms with van der Waals surface area (Å²) in [5.74, 6) is 0. The maximum atomic E-state index is 3.52. The molecule has 1 fully saturated rings. The number of nitrogens with one attached hydrogen (secondary N) is 1. The molecule has 1 saturated heterocycles.